The minimum atomic E-state index is -3.82. The average Bonchev–Trinajstić information content (AvgIpc) is 3.48. The van der Waals surface area contributed by atoms with Crippen molar-refractivity contribution in [1.29, 1.82) is 0 Å². The van der Waals surface area contributed by atoms with Crippen molar-refractivity contribution in [3.8, 4) is 23.7 Å². The summed E-state index contributed by atoms with van der Waals surface area (Å²) in [6.45, 7) is 5.19. The molecule has 4 rings (SSSR count). The van der Waals surface area contributed by atoms with Gasteiger partial charge in [-0.25, -0.2) is 13.9 Å². The normalized spacial score (nSPS) is 22.1. The Morgan fingerprint density at radius 2 is 2.15 bits per heavy atom. The van der Waals surface area contributed by atoms with Gasteiger partial charge < -0.3 is 9.64 Å². The zero-order chi connectivity index (χ0) is 24.5. The maximum absolute atomic E-state index is 12.8. The number of rotatable bonds is 6. The average molecular weight is 506 g/mol. The monoisotopic (exact) mass is 505 g/mol. The van der Waals surface area contributed by atoms with Crippen LogP contribution in [-0.4, -0.2) is 85.1 Å². The Labute approximate surface area is 203 Å². The van der Waals surface area contributed by atoms with Crippen molar-refractivity contribution in [1.82, 2.24) is 15.3 Å². The third kappa shape index (κ3) is 4.85. The molecule has 0 aromatic carbocycles. The molecule has 0 unspecified atom stereocenters. The van der Waals surface area contributed by atoms with Crippen LogP contribution in [0.5, 0.6) is 0 Å². The number of fused-ring (bicyclic) bond motifs is 1. The molecule has 0 aliphatic carbocycles. The molecule has 0 spiro atoms. The van der Waals surface area contributed by atoms with Crippen molar-refractivity contribution in [3.63, 3.8) is 0 Å². The van der Waals surface area contributed by atoms with E-state index in [1.807, 2.05) is 6.07 Å². The first kappa shape index (κ1) is 24.7. The summed E-state index contributed by atoms with van der Waals surface area (Å²) >= 11 is 1.29. The molecular weight excluding hydrogens is 478 g/mol. The summed E-state index contributed by atoms with van der Waals surface area (Å²) in [6.07, 6.45) is 1.89. The molecule has 1 aromatic heterocycles. The molecule has 3 aliphatic heterocycles. The maximum atomic E-state index is 12.8. The van der Waals surface area contributed by atoms with Crippen molar-refractivity contribution in [3.05, 3.63) is 21.4 Å². The first-order valence-electron chi connectivity index (χ1n) is 11.0. The Bertz CT molecular complexity index is 1210. The summed E-state index contributed by atoms with van der Waals surface area (Å²) in [7, 11) is -3.82. The second-order valence-corrected chi connectivity index (χ2v) is 12.6. The van der Waals surface area contributed by atoms with Crippen molar-refractivity contribution in [2.24, 2.45) is 5.92 Å². The summed E-state index contributed by atoms with van der Waals surface area (Å²) in [4.78, 5) is 30.0. The molecule has 0 saturated carbocycles. The topological polar surface area (TPSA) is 116 Å². The van der Waals surface area contributed by atoms with Crippen molar-refractivity contribution in [2.75, 3.05) is 39.1 Å². The Balaban J connectivity index is 1.31. The molecule has 9 nitrogen and oxygen atoms in total. The van der Waals surface area contributed by atoms with Crippen LogP contribution in [0, 0.1) is 29.6 Å². The summed E-state index contributed by atoms with van der Waals surface area (Å²) in [5.41, 5.74) is 2.25. The Morgan fingerprint density at radius 3 is 2.76 bits per heavy atom. The minimum Gasteiger partial charge on any atom is -0.380 e. The van der Waals surface area contributed by atoms with Gasteiger partial charge in [0, 0.05) is 51.0 Å². The quantitative estimate of drug-likeness (QED) is 0.328. The summed E-state index contributed by atoms with van der Waals surface area (Å²) in [6, 6.07) is 2.38. The summed E-state index contributed by atoms with van der Waals surface area (Å²) < 4.78 is 27.8. The summed E-state index contributed by atoms with van der Waals surface area (Å²) in [5, 5.41) is 8.94. The van der Waals surface area contributed by atoms with Crippen LogP contribution in [0.4, 0.5) is 0 Å². The molecule has 4 heterocycles. The number of ether oxygens (including phenoxy) is 1. The van der Waals surface area contributed by atoms with E-state index >= 15 is 0 Å². The fraction of sp³-hybridized carbons (Fsp3) is 0.565. The van der Waals surface area contributed by atoms with Gasteiger partial charge >= 0.3 is 0 Å². The molecule has 2 N–H and O–H groups in total. The number of hydroxylamine groups is 1. The number of likely N-dealkylation sites (tertiary alicyclic amines) is 1. The maximum Gasteiger partial charge on any atom is 0.264 e. The first-order chi connectivity index (χ1) is 16.1. The van der Waals surface area contributed by atoms with E-state index in [0.717, 1.165) is 49.4 Å². The van der Waals surface area contributed by atoms with Crippen LogP contribution in [0.3, 0.4) is 0 Å². The smallest absolute Gasteiger partial charge is 0.264 e. The van der Waals surface area contributed by atoms with Gasteiger partial charge in [-0.05, 0) is 49.2 Å². The Kier molecular flexibility index (Phi) is 7.04. The minimum absolute atomic E-state index is 0.0646. The van der Waals surface area contributed by atoms with E-state index in [1.54, 1.807) is 0 Å². The van der Waals surface area contributed by atoms with E-state index in [-0.39, 0.29) is 18.9 Å². The van der Waals surface area contributed by atoms with Gasteiger partial charge in [0.1, 0.15) is 0 Å². The first-order valence-corrected chi connectivity index (χ1v) is 13.7. The van der Waals surface area contributed by atoms with Gasteiger partial charge in [0.25, 0.3) is 11.8 Å². The molecular formula is C23H27N3O6S2. The SMILES string of the molecule is C[C@@](CCN1Cc2cc(C#CC#CC3CN([C@H]4CCOC4)C3)sc2C1=O)(C(=O)NO)S(C)(=O)=O. The largest absolute Gasteiger partial charge is 0.380 e. The van der Waals surface area contributed by atoms with Gasteiger partial charge in [0.2, 0.25) is 0 Å². The van der Waals surface area contributed by atoms with E-state index in [4.69, 9.17) is 9.94 Å². The van der Waals surface area contributed by atoms with Crippen LogP contribution in [0.1, 0.15) is 39.9 Å². The van der Waals surface area contributed by atoms with Crippen LogP contribution < -0.4 is 5.48 Å². The predicted octanol–water partition coefficient (Wildman–Crippen LogP) is 0.478. The fourth-order valence-corrected chi connectivity index (χ4v) is 6.11. The molecule has 11 heteroatoms. The lowest BCUT2D eigenvalue weighted by molar-refractivity contribution is -0.131. The van der Waals surface area contributed by atoms with Crippen LogP contribution in [0.25, 0.3) is 0 Å². The number of carbonyl (C=O) groups is 2. The van der Waals surface area contributed by atoms with Crippen LogP contribution in [0.2, 0.25) is 0 Å². The highest BCUT2D eigenvalue weighted by atomic mass is 32.2. The lowest BCUT2D eigenvalue weighted by atomic mass is 9.98. The number of hydrogen-bond acceptors (Lipinski definition) is 8. The third-order valence-electron chi connectivity index (χ3n) is 6.77. The van der Waals surface area contributed by atoms with Crippen LogP contribution >= 0.6 is 11.3 Å². The molecule has 182 valence electrons. The molecule has 2 saturated heterocycles. The van der Waals surface area contributed by atoms with Crippen molar-refractivity contribution in [2.45, 2.75) is 37.1 Å². The number of thiophene rings is 1. The lowest BCUT2D eigenvalue weighted by Crippen LogP contribution is -2.51. The van der Waals surface area contributed by atoms with Gasteiger partial charge in [-0.2, -0.15) is 0 Å². The van der Waals surface area contributed by atoms with Gasteiger partial charge in [-0.15, -0.1) is 11.3 Å². The molecule has 0 bridgehead atoms. The molecule has 2 atom stereocenters. The highest BCUT2D eigenvalue weighted by Crippen LogP contribution is 2.32. The van der Waals surface area contributed by atoms with E-state index in [0.29, 0.717) is 23.4 Å². The number of sulfone groups is 1. The molecule has 2 amide bonds. The molecule has 3 aliphatic rings. The van der Waals surface area contributed by atoms with E-state index in [9.17, 15) is 18.0 Å². The molecule has 34 heavy (non-hydrogen) atoms. The lowest BCUT2D eigenvalue weighted by Gasteiger charge is -2.40. The van der Waals surface area contributed by atoms with Gasteiger partial charge in [-0.3, -0.25) is 19.7 Å². The van der Waals surface area contributed by atoms with Gasteiger partial charge in [0.05, 0.1) is 16.4 Å². The number of carbonyl (C=O) groups excluding carboxylic acids is 2. The molecule has 2 fully saturated rings. The van der Waals surface area contributed by atoms with Crippen molar-refractivity contribution >= 4 is 33.0 Å². The third-order valence-corrected chi connectivity index (χ3v) is 9.87. The standard InChI is InChI=1S/C23H27N3O6S2/c1-23(22(28)24-29,34(2,30)31)8-9-25-14-17-11-19(33-20(17)21(25)27)6-4-3-5-16-12-26(13-16)18-7-10-32-15-18/h11,16,18,29H,7-10,12-15H2,1-2H3,(H,24,28)/t18-,23+/m0/s1. The second-order valence-electron chi connectivity index (χ2n) is 9.07. The van der Waals surface area contributed by atoms with Crippen LogP contribution in [0.15, 0.2) is 6.07 Å². The Morgan fingerprint density at radius 1 is 1.38 bits per heavy atom. The predicted molar refractivity (Wildman–Crippen MR) is 126 cm³/mol. The zero-order valence-electron chi connectivity index (χ0n) is 19.1. The number of nitrogens with one attached hydrogen (secondary N) is 1. The second kappa shape index (κ2) is 9.68. The highest BCUT2D eigenvalue weighted by Gasteiger charge is 2.44. The Hall–Kier alpha value is -2.41. The van der Waals surface area contributed by atoms with Crippen LogP contribution in [-0.2, 0) is 25.9 Å². The molecule has 0 radical (unpaired) electrons. The van der Waals surface area contributed by atoms with Gasteiger partial charge in [0.15, 0.2) is 14.6 Å². The fourth-order valence-electron chi connectivity index (χ4n) is 4.27. The number of hydrogen-bond donors (Lipinski definition) is 2. The van der Waals surface area contributed by atoms with E-state index in [2.05, 4.69) is 28.6 Å². The summed E-state index contributed by atoms with van der Waals surface area (Å²) in [5.74, 6) is 11.1. The highest BCUT2D eigenvalue weighted by molar-refractivity contribution is 7.92. The number of nitrogens with zero attached hydrogens (tertiary/aromatic N) is 2. The van der Waals surface area contributed by atoms with Crippen molar-refractivity contribution < 1.29 is 28.0 Å². The zero-order valence-corrected chi connectivity index (χ0v) is 20.7. The molecule has 1 aromatic rings. The van der Waals surface area contributed by atoms with E-state index < -0.39 is 20.5 Å². The van der Waals surface area contributed by atoms with E-state index in [1.165, 1.54) is 28.6 Å². The number of amides is 2. The van der Waals surface area contributed by atoms with Gasteiger partial charge in [-0.1, -0.05) is 5.92 Å².